The average molecular weight is 424 g/mol. The van der Waals surface area contributed by atoms with Gasteiger partial charge in [0.15, 0.2) is 0 Å². The van der Waals surface area contributed by atoms with Crippen LogP contribution in [0.4, 0.5) is 0 Å². The smallest absolute Gasteiger partial charge is 0.331 e. The Bertz CT molecular complexity index is 616. The first-order chi connectivity index (χ1) is 14.1. The van der Waals surface area contributed by atoms with E-state index in [2.05, 4.69) is 31.0 Å². The number of carboxylic acid groups (broad SMARTS) is 1. The van der Waals surface area contributed by atoms with Crippen molar-refractivity contribution in [2.45, 2.75) is 91.8 Å². The van der Waals surface area contributed by atoms with Crippen LogP contribution in [0.2, 0.25) is 0 Å². The van der Waals surface area contributed by atoms with Crippen molar-refractivity contribution in [1.29, 1.82) is 0 Å². The van der Waals surface area contributed by atoms with E-state index >= 15 is 0 Å². The molecule has 2 N–H and O–H groups in total. The molecule has 0 unspecified atom stereocenters. The van der Waals surface area contributed by atoms with Crippen molar-refractivity contribution in [3.8, 4) is 0 Å². The summed E-state index contributed by atoms with van der Waals surface area (Å²) in [6.07, 6.45) is 6.33. The van der Waals surface area contributed by atoms with Crippen LogP contribution in [0.3, 0.4) is 0 Å². The summed E-state index contributed by atoms with van der Waals surface area (Å²) in [5.74, 6) is -1.18. The molecule has 1 aliphatic rings. The molecule has 0 aromatic rings. The van der Waals surface area contributed by atoms with Crippen molar-refractivity contribution >= 4 is 17.8 Å². The fraction of sp³-hybridized carbons (Fsp3) is 0.783. The van der Waals surface area contributed by atoms with Gasteiger partial charge in [0.05, 0.1) is 18.6 Å². The molecule has 0 aromatic carbocycles. The normalized spacial score (nSPS) is 19.1. The van der Waals surface area contributed by atoms with Crippen LogP contribution in [0, 0.1) is 5.92 Å². The highest BCUT2D eigenvalue weighted by molar-refractivity contribution is 5.88. The zero-order chi connectivity index (χ0) is 22.8. The van der Waals surface area contributed by atoms with Crippen LogP contribution in [0.5, 0.6) is 0 Å². The van der Waals surface area contributed by atoms with Crippen LogP contribution < -0.4 is 5.32 Å². The number of hydrogen-bond donors (Lipinski definition) is 2. The molecule has 1 aliphatic heterocycles. The lowest BCUT2D eigenvalue weighted by atomic mass is 9.98. The fourth-order valence-corrected chi connectivity index (χ4v) is 3.97. The Balaban J connectivity index is 2.90. The molecule has 0 bridgehead atoms. The molecule has 30 heavy (non-hydrogen) atoms. The van der Waals surface area contributed by atoms with Gasteiger partial charge in [-0.25, -0.2) is 4.79 Å². The molecule has 0 aliphatic carbocycles. The Labute approximate surface area is 181 Å². The minimum atomic E-state index is -0.983. The van der Waals surface area contributed by atoms with Gasteiger partial charge in [0, 0.05) is 18.2 Å². The van der Waals surface area contributed by atoms with Gasteiger partial charge < -0.3 is 15.3 Å². The number of carboxylic acids is 1. The van der Waals surface area contributed by atoms with Crippen molar-refractivity contribution in [1.82, 2.24) is 15.1 Å². The predicted molar refractivity (Wildman–Crippen MR) is 119 cm³/mol. The number of unbranched alkanes of at least 4 members (excludes halogenated alkanes) is 1. The Hall–Kier alpha value is -1.89. The lowest BCUT2D eigenvalue weighted by Crippen LogP contribution is -2.54. The van der Waals surface area contributed by atoms with E-state index in [0.29, 0.717) is 6.54 Å². The maximum atomic E-state index is 13.1. The SMILES string of the molecule is CCCCN(C(=O)CNC(=O)[C@H]1CCCCN1C(C)C)[C@H](/C=C(\C)C(=O)O)C(C)C. The van der Waals surface area contributed by atoms with Crippen LogP contribution in [0.15, 0.2) is 11.6 Å². The lowest BCUT2D eigenvalue weighted by Gasteiger charge is -2.38. The number of amides is 2. The van der Waals surface area contributed by atoms with E-state index in [9.17, 15) is 19.5 Å². The van der Waals surface area contributed by atoms with Crippen molar-refractivity contribution in [3.05, 3.63) is 11.6 Å². The van der Waals surface area contributed by atoms with Gasteiger partial charge in [-0.1, -0.05) is 39.7 Å². The first kappa shape index (κ1) is 26.1. The molecule has 7 nitrogen and oxygen atoms in total. The number of carbonyl (C=O) groups excluding carboxylic acids is 2. The second kappa shape index (κ2) is 12.7. The molecule has 2 amide bonds. The minimum absolute atomic E-state index is 0.0607. The molecule has 1 heterocycles. The van der Waals surface area contributed by atoms with Crippen LogP contribution in [-0.2, 0) is 14.4 Å². The van der Waals surface area contributed by atoms with E-state index in [1.54, 1.807) is 17.9 Å². The Morgan fingerprint density at radius 3 is 2.40 bits per heavy atom. The van der Waals surface area contributed by atoms with Gasteiger partial charge >= 0.3 is 5.97 Å². The van der Waals surface area contributed by atoms with E-state index < -0.39 is 5.97 Å². The van der Waals surface area contributed by atoms with Crippen LogP contribution in [0.1, 0.15) is 73.6 Å². The zero-order valence-electron chi connectivity index (χ0n) is 19.6. The number of nitrogens with one attached hydrogen (secondary N) is 1. The monoisotopic (exact) mass is 423 g/mol. The maximum Gasteiger partial charge on any atom is 0.331 e. The highest BCUT2D eigenvalue weighted by Gasteiger charge is 2.31. The topological polar surface area (TPSA) is 90.0 Å². The zero-order valence-corrected chi connectivity index (χ0v) is 19.6. The maximum absolute atomic E-state index is 13.1. The third-order valence-corrected chi connectivity index (χ3v) is 5.80. The third-order valence-electron chi connectivity index (χ3n) is 5.80. The standard InChI is InChI=1S/C23H41N3O4/c1-7-8-12-26(20(16(2)3)14-18(6)23(29)30)21(27)15-24-22(28)19-11-9-10-13-25(19)17(4)5/h14,16-17,19-20H,7-13,15H2,1-6H3,(H,24,28)(H,29,30)/b18-14+/t19-,20-/m1/s1. The van der Waals surface area contributed by atoms with Crippen molar-refractivity contribution in [3.63, 3.8) is 0 Å². The first-order valence-electron chi connectivity index (χ1n) is 11.3. The second-order valence-corrected chi connectivity index (χ2v) is 8.89. The molecule has 2 atom stereocenters. The summed E-state index contributed by atoms with van der Waals surface area (Å²) in [5, 5.41) is 12.1. The molecule has 0 radical (unpaired) electrons. The molecule has 0 spiro atoms. The number of aliphatic carboxylic acids is 1. The Morgan fingerprint density at radius 1 is 1.20 bits per heavy atom. The molecule has 1 rings (SSSR count). The van der Waals surface area contributed by atoms with Gasteiger partial charge in [-0.2, -0.15) is 0 Å². The lowest BCUT2D eigenvalue weighted by molar-refractivity contribution is -0.137. The number of hydrogen-bond acceptors (Lipinski definition) is 4. The van der Waals surface area contributed by atoms with Crippen molar-refractivity contribution in [2.24, 2.45) is 5.92 Å². The van der Waals surface area contributed by atoms with Gasteiger partial charge in [-0.15, -0.1) is 0 Å². The summed E-state index contributed by atoms with van der Waals surface area (Å²) in [6, 6.07) is -0.225. The van der Waals surface area contributed by atoms with Crippen molar-refractivity contribution < 1.29 is 19.5 Å². The van der Waals surface area contributed by atoms with E-state index in [4.69, 9.17) is 0 Å². The number of likely N-dealkylation sites (tertiary alicyclic amines) is 1. The largest absolute Gasteiger partial charge is 0.478 e. The summed E-state index contributed by atoms with van der Waals surface area (Å²) >= 11 is 0. The summed E-state index contributed by atoms with van der Waals surface area (Å²) < 4.78 is 0. The summed E-state index contributed by atoms with van der Waals surface area (Å²) in [4.78, 5) is 41.1. The number of nitrogens with zero attached hydrogens (tertiary/aromatic N) is 2. The number of piperidine rings is 1. The Morgan fingerprint density at radius 2 is 1.87 bits per heavy atom. The molecule has 0 aromatic heterocycles. The van der Waals surface area contributed by atoms with Gasteiger partial charge in [-0.05, 0) is 52.5 Å². The summed E-state index contributed by atoms with van der Waals surface area (Å²) in [6.45, 7) is 13.1. The van der Waals surface area contributed by atoms with Crippen LogP contribution in [0.25, 0.3) is 0 Å². The second-order valence-electron chi connectivity index (χ2n) is 8.89. The van der Waals surface area contributed by atoms with Gasteiger partial charge in [0.25, 0.3) is 0 Å². The van der Waals surface area contributed by atoms with Crippen LogP contribution >= 0.6 is 0 Å². The highest BCUT2D eigenvalue weighted by atomic mass is 16.4. The fourth-order valence-electron chi connectivity index (χ4n) is 3.97. The molecule has 7 heteroatoms. The van der Waals surface area contributed by atoms with Gasteiger partial charge in [0.1, 0.15) is 0 Å². The van der Waals surface area contributed by atoms with E-state index in [1.165, 1.54) is 0 Å². The van der Waals surface area contributed by atoms with E-state index in [1.807, 2.05) is 13.8 Å². The third kappa shape index (κ3) is 7.74. The molecular weight excluding hydrogens is 382 g/mol. The molecule has 1 fully saturated rings. The van der Waals surface area contributed by atoms with Crippen LogP contribution in [-0.4, -0.2) is 70.4 Å². The highest BCUT2D eigenvalue weighted by Crippen LogP contribution is 2.20. The van der Waals surface area contributed by atoms with Gasteiger partial charge in [-0.3, -0.25) is 14.5 Å². The quantitative estimate of drug-likeness (QED) is 0.499. The number of carbonyl (C=O) groups is 3. The molecule has 0 saturated carbocycles. The molecular formula is C23H41N3O4. The average Bonchev–Trinajstić information content (AvgIpc) is 2.70. The minimum Gasteiger partial charge on any atom is -0.478 e. The summed E-state index contributed by atoms with van der Waals surface area (Å²) in [5.41, 5.74) is 0.224. The predicted octanol–water partition coefficient (Wildman–Crippen LogP) is 3.05. The molecule has 1 saturated heterocycles. The molecule has 172 valence electrons. The number of rotatable bonds is 11. The van der Waals surface area contributed by atoms with Gasteiger partial charge in [0.2, 0.25) is 11.8 Å². The van der Waals surface area contributed by atoms with E-state index in [-0.39, 0.29) is 48.0 Å². The summed E-state index contributed by atoms with van der Waals surface area (Å²) in [7, 11) is 0. The first-order valence-corrected chi connectivity index (χ1v) is 11.3. The Kier molecular flexibility index (Phi) is 11.1. The van der Waals surface area contributed by atoms with E-state index in [0.717, 1.165) is 38.6 Å². The van der Waals surface area contributed by atoms with Crippen molar-refractivity contribution in [2.75, 3.05) is 19.6 Å².